The fourth-order valence-corrected chi connectivity index (χ4v) is 2.11. The Bertz CT molecular complexity index is 296. The van der Waals surface area contributed by atoms with Crippen LogP contribution in [-0.2, 0) is 18.8 Å². The summed E-state index contributed by atoms with van der Waals surface area (Å²) in [6.45, 7) is 5.26. The van der Waals surface area contributed by atoms with E-state index in [2.05, 4.69) is 28.6 Å². The second kappa shape index (κ2) is 7.66. The number of aryl methyl sites for hydroxylation is 1. The summed E-state index contributed by atoms with van der Waals surface area (Å²) < 4.78 is 2.13. The minimum atomic E-state index is 0.455. The molecule has 0 bridgehead atoms. The molecule has 1 rings (SSSR count). The van der Waals surface area contributed by atoms with Gasteiger partial charge in [-0.2, -0.15) is 0 Å². The number of halogens is 1. The van der Waals surface area contributed by atoms with Crippen molar-refractivity contribution < 1.29 is 0 Å². The lowest BCUT2D eigenvalue weighted by Gasteiger charge is -2.05. The largest absolute Gasteiger partial charge is 0.314 e. The van der Waals surface area contributed by atoms with Crippen LogP contribution < -0.4 is 0 Å². The lowest BCUT2D eigenvalue weighted by molar-refractivity contribution is 0.598. The first-order chi connectivity index (χ1) is 7.83. The van der Waals surface area contributed by atoms with Gasteiger partial charge in [-0.1, -0.05) is 32.6 Å². The normalized spacial score (nSPS) is 10.9. The Labute approximate surface area is 103 Å². The standard InChI is InChI=1S/C12H22ClN3/c1-3-5-6-7-8-9-11-14-15-12(10-13)16(11)4-2/h3-10H2,1-2H3. The number of hydrogen-bond donors (Lipinski definition) is 0. The minimum Gasteiger partial charge on any atom is -0.314 e. The molecular weight excluding hydrogens is 222 g/mol. The SMILES string of the molecule is CCCCCCCc1nnc(CCl)n1CC. The molecular formula is C12H22ClN3. The van der Waals surface area contributed by atoms with E-state index in [0.717, 1.165) is 24.6 Å². The van der Waals surface area contributed by atoms with Crippen molar-refractivity contribution in [3.8, 4) is 0 Å². The van der Waals surface area contributed by atoms with Gasteiger partial charge in [-0.15, -0.1) is 21.8 Å². The summed E-state index contributed by atoms with van der Waals surface area (Å²) in [5.74, 6) is 2.44. The molecule has 3 nitrogen and oxygen atoms in total. The molecule has 1 aromatic heterocycles. The third-order valence-corrected chi connectivity index (χ3v) is 3.08. The van der Waals surface area contributed by atoms with Crippen molar-refractivity contribution in [3.63, 3.8) is 0 Å². The third kappa shape index (κ3) is 3.78. The Hall–Kier alpha value is -0.570. The molecule has 1 aromatic rings. The van der Waals surface area contributed by atoms with Crippen molar-refractivity contribution in [3.05, 3.63) is 11.6 Å². The first kappa shape index (κ1) is 13.5. The lowest BCUT2D eigenvalue weighted by Crippen LogP contribution is -2.05. The fraction of sp³-hybridized carbons (Fsp3) is 0.833. The molecule has 0 unspecified atom stereocenters. The van der Waals surface area contributed by atoms with E-state index in [1.54, 1.807) is 0 Å². The topological polar surface area (TPSA) is 30.7 Å². The van der Waals surface area contributed by atoms with Gasteiger partial charge in [-0.25, -0.2) is 0 Å². The number of alkyl halides is 1. The monoisotopic (exact) mass is 243 g/mol. The summed E-state index contributed by atoms with van der Waals surface area (Å²) in [5.41, 5.74) is 0. The summed E-state index contributed by atoms with van der Waals surface area (Å²) >= 11 is 5.80. The van der Waals surface area contributed by atoms with Gasteiger partial charge in [-0.3, -0.25) is 0 Å². The van der Waals surface area contributed by atoms with Crippen LogP contribution in [0.3, 0.4) is 0 Å². The molecule has 16 heavy (non-hydrogen) atoms. The minimum absolute atomic E-state index is 0.455. The molecule has 92 valence electrons. The van der Waals surface area contributed by atoms with E-state index >= 15 is 0 Å². The van der Waals surface area contributed by atoms with Crippen molar-refractivity contribution in [1.29, 1.82) is 0 Å². The molecule has 1 heterocycles. The van der Waals surface area contributed by atoms with Gasteiger partial charge in [-0.05, 0) is 13.3 Å². The zero-order chi connectivity index (χ0) is 11.8. The van der Waals surface area contributed by atoms with Crippen LogP contribution >= 0.6 is 11.6 Å². The van der Waals surface area contributed by atoms with Gasteiger partial charge in [0.1, 0.15) is 11.6 Å². The van der Waals surface area contributed by atoms with E-state index in [-0.39, 0.29) is 0 Å². The molecule has 0 N–H and O–H groups in total. The Morgan fingerprint density at radius 2 is 1.69 bits per heavy atom. The zero-order valence-corrected chi connectivity index (χ0v) is 11.1. The summed E-state index contributed by atoms with van der Waals surface area (Å²) in [6, 6.07) is 0. The van der Waals surface area contributed by atoms with Crippen molar-refractivity contribution in [2.75, 3.05) is 0 Å². The number of hydrogen-bond acceptors (Lipinski definition) is 2. The van der Waals surface area contributed by atoms with Crippen molar-refractivity contribution >= 4 is 11.6 Å². The highest BCUT2D eigenvalue weighted by Crippen LogP contribution is 2.10. The van der Waals surface area contributed by atoms with Crippen LogP contribution in [-0.4, -0.2) is 14.8 Å². The number of aromatic nitrogens is 3. The summed E-state index contributed by atoms with van der Waals surface area (Å²) in [5, 5.41) is 8.31. The molecule has 0 saturated heterocycles. The smallest absolute Gasteiger partial charge is 0.147 e. The molecule has 0 aliphatic carbocycles. The number of unbranched alkanes of at least 4 members (excludes halogenated alkanes) is 4. The maximum Gasteiger partial charge on any atom is 0.147 e. The van der Waals surface area contributed by atoms with Crippen LogP contribution in [0.5, 0.6) is 0 Å². The van der Waals surface area contributed by atoms with Gasteiger partial charge in [0.2, 0.25) is 0 Å². The van der Waals surface area contributed by atoms with Crippen LogP contribution in [0, 0.1) is 0 Å². The molecule has 0 aliphatic heterocycles. The predicted octanol–water partition coefficient (Wildman–Crippen LogP) is 3.55. The Kier molecular flexibility index (Phi) is 6.46. The summed E-state index contributed by atoms with van der Waals surface area (Å²) in [7, 11) is 0. The van der Waals surface area contributed by atoms with Crippen LogP contribution in [0.25, 0.3) is 0 Å². The Balaban J connectivity index is 2.38. The highest BCUT2D eigenvalue weighted by Gasteiger charge is 2.08. The first-order valence-corrected chi connectivity index (χ1v) is 6.83. The molecule has 0 aliphatic rings. The van der Waals surface area contributed by atoms with Gasteiger partial charge in [0.05, 0.1) is 5.88 Å². The van der Waals surface area contributed by atoms with E-state index in [1.165, 1.54) is 32.1 Å². The predicted molar refractivity (Wildman–Crippen MR) is 67.7 cm³/mol. The van der Waals surface area contributed by atoms with Gasteiger partial charge in [0, 0.05) is 13.0 Å². The van der Waals surface area contributed by atoms with Crippen LogP contribution in [0.4, 0.5) is 0 Å². The number of nitrogens with zero attached hydrogens (tertiary/aromatic N) is 3. The molecule has 0 spiro atoms. The second-order valence-corrected chi connectivity index (χ2v) is 4.34. The molecule has 0 radical (unpaired) electrons. The maximum atomic E-state index is 5.80. The fourth-order valence-electron chi connectivity index (χ4n) is 1.91. The quantitative estimate of drug-likeness (QED) is 0.516. The molecule has 0 fully saturated rings. The van der Waals surface area contributed by atoms with Crippen LogP contribution in [0.15, 0.2) is 0 Å². The summed E-state index contributed by atoms with van der Waals surface area (Å²) in [6.07, 6.45) is 7.50. The van der Waals surface area contributed by atoms with Gasteiger partial charge < -0.3 is 4.57 Å². The van der Waals surface area contributed by atoms with Crippen molar-refractivity contribution in [1.82, 2.24) is 14.8 Å². The average molecular weight is 244 g/mol. The van der Waals surface area contributed by atoms with Gasteiger partial charge in [0.15, 0.2) is 0 Å². The summed E-state index contributed by atoms with van der Waals surface area (Å²) in [4.78, 5) is 0. The van der Waals surface area contributed by atoms with E-state index in [9.17, 15) is 0 Å². The van der Waals surface area contributed by atoms with E-state index in [4.69, 9.17) is 11.6 Å². The molecule has 0 amide bonds. The van der Waals surface area contributed by atoms with E-state index < -0.39 is 0 Å². The van der Waals surface area contributed by atoms with Gasteiger partial charge >= 0.3 is 0 Å². The van der Waals surface area contributed by atoms with Gasteiger partial charge in [0.25, 0.3) is 0 Å². The lowest BCUT2D eigenvalue weighted by atomic mass is 10.1. The Morgan fingerprint density at radius 1 is 1.00 bits per heavy atom. The van der Waals surface area contributed by atoms with Crippen LogP contribution in [0.2, 0.25) is 0 Å². The first-order valence-electron chi connectivity index (χ1n) is 6.30. The molecule has 0 saturated carbocycles. The molecule has 0 aromatic carbocycles. The highest BCUT2D eigenvalue weighted by atomic mass is 35.5. The van der Waals surface area contributed by atoms with E-state index in [1.807, 2.05) is 0 Å². The molecule has 0 atom stereocenters. The maximum absolute atomic E-state index is 5.80. The van der Waals surface area contributed by atoms with E-state index in [0.29, 0.717) is 5.88 Å². The average Bonchev–Trinajstić information content (AvgIpc) is 2.71. The Morgan fingerprint density at radius 3 is 2.31 bits per heavy atom. The van der Waals surface area contributed by atoms with Crippen LogP contribution in [0.1, 0.15) is 57.6 Å². The zero-order valence-electron chi connectivity index (χ0n) is 10.4. The third-order valence-electron chi connectivity index (χ3n) is 2.84. The highest BCUT2D eigenvalue weighted by molar-refractivity contribution is 6.16. The molecule has 4 heteroatoms. The van der Waals surface area contributed by atoms with Crippen molar-refractivity contribution in [2.24, 2.45) is 0 Å². The van der Waals surface area contributed by atoms with Crippen molar-refractivity contribution in [2.45, 2.75) is 64.8 Å². The second-order valence-electron chi connectivity index (χ2n) is 4.07. The number of rotatable bonds is 8.